The van der Waals surface area contributed by atoms with E-state index in [1.165, 1.54) is 0 Å². The molecule has 0 aliphatic carbocycles. The van der Waals surface area contributed by atoms with Crippen LogP contribution in [0.5, 0.6) is 0 Å². The van der Waals surface area contributed by atoms with E-state index in [1.54, 1.807) is 0 Å². The Labute approximate surface area is 92.6 Å². The molecule has 88 valence electrons. The first-order valence-corrected chi connectivity index (χ1v) is 7.53. The lowest BCUT2D eigenvalue weighted by Gasteiger charge is -2.35. The van der Waals surface area contributed by atoms with E-state index in [-0.39, 0.29) is 0 Å². The average molecular weight is 231 g/mol. The van der Waals surface area contributed by atoms with E-state index in [9.17, 15) is 8.42 Å². The van der Waals surface area contributed by atoms with E-state index in [4.69, 9.17) is 0 Å². The van der Waals surface area contributed by atoms with Gasteiger partial charge in [0.25, 0.3) is 0 Å². The Balaban J connectivity index is 2.17. The molecule has 0 aromatic heterocycles. The van der Waals surface area contributed by atoms with Crippen LogP contribution in [0.1, 0.15) is 33.1 Å². The quantitative estimate of drug-likeness (QED) is 0.737. The first kappa shape index (κ1) is 11.4. The monoisotopic (exact) mass is 231 g/mol. The SMILES string of the molecule is CC1(C)C(C2CCNCC2)CCS1(=O)=O. The molecule has 2 rings (SSSR count). The largest absolute Gasteiger partial charge is 0.317 e. The third-order valence-corrected chi connectivity index (χ3v) is 7.02. The fourth-order valence-corrected chi connectivity index (χ4v) is 5.04. The second kappa shape index (κ2) is 3.74. The summed E-state index contributed by atoms with van der Waals surface area (Å²) < 4.78 is 23.4. The summed E-state index contributed by atoms with van der Waals surface area (Å²) in [4.78, 5) is 0. The Morgan fingerprint density at radius 3 is 2.20 bits per heavy atom. The minimum Gasteiger partial charge on any atom is -0.317 e. The van der Waals surface area contributed by atoms with Crippen LogP contribution in [0.25, 0.3) is 0 Å². The van der Waals surface area contributed by atoms with E-state index >= 15 is 0 Å². The molecule has 0 aromatic carbocycles. The number of rotatable bonds is 1. The van der Waals surface area contributed by atoms with Gasteiger partial charge >= 0.3 is 0 Å². The molecular formula is C11H21NO2S. The lowest BCUT2D eigenvalue weighted by atomic mass is 9.77. The highest BCUT2D eigenvalue weighted by Gasteiger charge is 2.50. The summed E-state index contributed by atoms with van der Waals surface area (Å²) >= 11 is 0. The second-order valence-corrected chi connectivity index (χ2v) is 8.09. The van der Waals surface area contributed by atoms with Crippen molar-refractivity contribution in [1.29, 1.82) is 0 Å². The molecule has 1 unspecified atom stereocenters. The molecule has 2 saturated heterocycles. The fourth-order valence-electron chi connectivity index (χ4n) is 3.17. The molecule has 2 aliphatic heterocycles. The molecule has 4 heteroatoms. The van der Waals surface area contributed by atoms with E-state index < -0.39 is 14.6 Å². The summed E-state index contributed by atoms with van der Waals surface area (Å²) in [5, 5.41) is 3.34. The summed E-state index contributed by atoms with van der Waals surface area (Å²) in [6.07, 6.45) is 3.16. The summed E-state index contributed by atoms with van der Waals surface area (Å²) in [5.74, 6) is 1.39. The molecule has 0 radical (unpaired) electrons. The van der Waals surface area contributed by atoms with Crippen molar-refractivity contribution >= 4 is 9.84 Å². The van der Waals surface area contributed by atoms with Crippen molar-refractivity contribution in [2.45, 2.75) is 37.9 Å². The van der Waals surface area contributed by atoms with Gasteiger partial charge in [-0.05, 0) is 58.0 Å². The molecule has 2 heterocycles. The minimum absolute atomic E-state index is 0.379. The van der Waals surface area contributed by atoms with Crippen LogP contribution in [-0.2, 0) is 9.84 Å². The predicted molar refractivity (Wildman–Crippen MR) is 61.6 cm³/mol. The maximum atomic E-state index is 11.9. The van der Waals surface area contributed by atoms with Crippen LogP contribution in [0.2, 0.25) is 0 Å². The van der Waals surface area contributed by atoms with Gasteiger partial charge in [0, 0.05) is 0 Å². The Morgan fingerprint density at radius 1 is 1.13 bits per heavy atom. The summed E-state index contributed by atoms with van der Waals surface area (Å²) in [5.41, 5.74) is 0. The lowest BCUT2D eigenvalue weighted by Crippen LogP contribution is -2.41. The number of hydrogen-bond donors (Lipinski definition) is 1. The van der Waals surface area contributed by atoms with Gasteiger partial charge in [-0.1, -0.05) is 0 Å². The smallest absolute Gasteiger partial charge is 0.155 e. The second-order valence-electron chi connectivity index (χ2n) is 5.40. The van der Waals surface area contributed by atoms with Gasteiger partial charge in [-0.15, -0.1) is 0 Å². The van der Waals surface area contributed by atoms with Crippen LogP contribution in [0.15, 0.2) is 0 Å². The average Bonchev–Trinajstić information content (AvgIpc) is 2.39. The highest BCUT2D eigenvalue weighted by Crippen LogP contribution is 2.44. The van der Waals surface area contributed by atoms with Crippen LogP contribution in [0, 0.1) is 11.8 Å². The molecule has 15 heavy (non-hydrogen) atoms. The Kier molecular flexibility index (Phi) is 2.84. The van der Waals surface area contributed by atoms with Crippen LogP contribution in [0.3, 0.4) is 0 Å². The Morgan fingerprint density at radius 2 is 1.73 bits per heavy atom. The fraction of sp³-hybridized carbons (Fsp3) is 1.00. The predicted octanol–water partition coefficient (Wildman–Crippen LogP) is 1.20. The molecule has 1 N–H and O–H groups in total. The standard InChI is InChI=1S/C11H21NO2S/c1-11(2)10(5-8-15(11,13)14)9-3-6-12-7-4-9/h9-10,12H,3-8H2,1-2H3. The molecule has 2 aliphatic rings. The van der Waals surface area contributed by atoms with E-state index in [2.05, 4.69) is 5.32 Å². The van der Waals surface area contributed by atoms with Crippen molar-refractivity contribution in [2.75, 3.05) is 18.8 Å². The van der Waals surface area contributed by atoms with Crippen molar-refractivity contribution in [2.24, 2.45) is 11.8 Å². The van der Waals surface area contributed by atoms with Crippen molar-refractivity contribution in [3.05, 3.63) is 0 Å². The van der Waals surface area contributed by atoms with Gasteiger partial charge in [0.05, 0.1) is 10.5 Å². The summed E-state index contributed by atoms with van der Waals surface area (Å²) in [7, 11) is -2.84. The first-order valence-electron chi connectivity index (χ1n) is 5.88. The van der Waals surface area contributed by atoms with Crippen LogP contribution < -0.4 is 5.32 Å². The van der Waals surface area contributed by atoms with E-state index in [0.717, 1.165) is 32.4 Å². The first-order chi connectivity index (χ1) is 6.95. The van der Waals surface area contributed by atoms with Crippen molar-refractivity contribution in [3.8, 4) is 0 Å². The molecule has 0 bridgehead atoms. The molecule has 0 spiro atoms. The normalized spacial score (nSPS) is 35.5. The lowest BCUT2D eigenvalue weighted by molar-refractivity contribution is 0.224. The number of hydrogen-bond acceptors (Lipinski definition) is 3. The zero-order valence-electron chi connectivity index (χ0n) is 9.62. The van der Waals surface area contributed by atoms with Gasteiger partial charge in [-0.25, -0.2) is 8.42 Å². The van der Waals surface area contributed by atoms with E-state index in [1.807, 2.05) is 13.8 Å². The Bertz CT molecular complexity index is 328. The molecule has 0 amide bonds. The van der Waals surface area contributed by atoms with Crippen LogP contribution in [-0.4, -0.2) is 32.0 Å². The molecule has 1 atom stereocenters. The van der Waals surface area contributed by atoms with Gasteiger partial charge in [0.1, 0.15) is 0 Å². The van der Waals surface area contributed by atoms with Gasteiger partial charge in [-0.2, -0.15) is 0 Å². The van der Waals surface area contributed by atoms with Gasteiger partial charge < -0.3 is 5.32 Å². The van der Waals surface area contributed by atoms with Crippen molar-refractivity contribution in [1.82, 2.24) is 5.32 Å². The zero-order valence-corrected chi connectivity index (χ0v) is 10.4. The zero-order chi connectivity index (χ0) is 11.1. The van der Waals surface area contributed by atoms with Gasteiger partial charge in [0.15, 0.2) is 9.84 Å². The topological polar surface area (TPSA) is 46.2 Å². The Hall–Kier alpha value is -0.0900. The molecule has 2 fully saturated rings. The summed E-state index contributed by atoms with van der Waals surface area (Å²) in [6, 6.07) is 0. The summed E-state index contributed by atoms with van der Waals surface area (Å²) in [6.45, 7) is 5.94. The molecule has 0 saturated carbocycles. The van der Waals surface area contributed by atoms with Gasteiger partial charge in [0.2, 0.25) is 0 Å². The van der Waals surface area contributed by atoms with Crippen LogP contribution in [0.4, 0.5) is 0 Å². The highest BCUT2D eigenvalue weighted by atomic mass is 32.2. The van der Waals surface area contributed by atoms with Gasteiger partial charge in [-0.3, -0.25) is 0 Å². The maximum absolute atomic E-state index is 11.9. The number of nitrogens with one attached hydrogen (secondary N) is 1. The van der Waals surface area contributed by atoms with Crippen molar-refractivity contribution < 1.29 is 8.42 Å². The molecular weight excluding hydrogens is 210 g/mol. The third kappa shape index (κ3) is 1.82. The maximum Gasteiger partial charge on any atom is 0.155 e. The van der Waals surface area contributed by atoms with E-state index in [0.29, 0.717) is 17.6 Å². The van der Waals surface area contributed by atoms with Crippen molar-refractivity contribution in [3.63, 3.8) is 0 Å². The van der Waals surface area contributed by atoms with Crippen LogP contribution >= 0.6 is 0 Å². The minimum atomic E-state index is -2.84. The number of piperidine rings is 1. The highest BCUT2D eigenvalue weighted by molar-refractivity contribution is 7.93. The molecule has 0 aromatic rings. The number of sulfone groups is 1. The third-order valence-electron chi connectivity index (χ3n) is 4.34. The molecule has 3 nitrogen and oxygen atoms in total.